The van der Waals surface area contributed by atoms with Crippen molar-refractivity contribution in [3.8, 4) is 5.75 Å². The fourth-order valence-corrected chi connectivity index (χ4v) is 1.60. The Balaban J connectivity index is 2.54. The van der Waals surface area contributed by atoms with Crippen LogP contribution in [0.25, 0.3) is 10.4 Å². The van der Waals surface area contributed by atoms with Crippen molar-refractivity contribution in [2.45, 2.75) is 32.6 Å². The smallest absolute Gasteiger partial charge is 0.122 e. The van der Waals surface area contributed by atoms with Crippen molar-refractivity contribution in [2.75, 3.05) is 13.2 Å². The lowest BCUT2D eigenvalue weighted by atomic mass is 9.98. The Morgan fingerprint density at radius 3 is 2.88 bits per heavy atom. The number of ether oxygens (including phenoxy) is 1. The number of para-hydroxylation sites is 1. The standard InChI is InChI=1S/C13H19N3O/c1-3-11(2)12-7-4-5-8-13(12)17-10-6-9-15-16-14/h4-5,7-8,11H,3,6,9-10H2,1-2H3. The molecule has 92 valence electrons. The van der Waals surface area contributed by atoms with Crippen molar-refractivity contribution in [1.82, 2.24) is 0 Å². The van der Waals surface area contributed by atoms with E-state index in [1.54, 1.807) is 0 Å². The maximum Gasteiger partial charge on any atom is 0.122 e. The van der Waals surface area contributed by atoms with Crippen LogP contribution in [0.5, 0.6) is 5.75 Å². The van der Waals surface area contributed by atoms with Gasteiger partial charge in [0, 0.05) is 11.5 Å². The highest BCUT2D eigenvalue weighted by atomic mass is 16.5. The first-order valence-corrected chi connectivity index (χ1v) is 6.02. The summed E-state index contributed by atoms with van der Waals surface area (Å²) in [5.74, 6) is 1.45. The zero-order valence-electron chi connectivity index (χ0n) is 10.5. The van der Waals surface area contributed by atoms with Crippen LogP contribution < -0.4 is 4.74 Å². The van der Waals surface area contributed by atoms with E-state index in [2.05, 4.69) is 29.9 Å². The summed E-state index contributed by atoms with van der Waals surface area (Å²) in [6.45, 7) is 5.44. The number of rotatable bonds is 7. The summed E-state index contributed by atoms with van der Waals surface area (Å²) in [7, 11) is 0. The third kappa shape index (κ3) is 4.37. The Kier molecular flexibility index (Phi) is 5.97. The highest BCUT2D eigenvalue weighted by Gasteiger charge is 2.08. The van der Waals surface area contributed by atoms with Crippen LogP contribution in [0.4, 0.5) is 0 Å². The van der Waals surface area contributed by atoms with Crippen LogP contribution in [0.3, 0.4) is 0 Å². The lowest BCUT2D eigenvalue weighted by Crippen LogP contribution is -2.03. The number of hydrogen-bond donors (Lipinski definition) is 0. The maximum absolute atomic E-state index is 8.15. The summed E-state index contributed by atoms with van der Waals surface area (Å²) in [6.07, 6.45) is 1.85. The normalized spacial score (nSPS) is 11.6. The van der Waals surface area contributed by atoms with Crippen molar-refractivity contribution in [1.29, 1.82) is 0 Å². The van der Waals surface area contributed by atoms with Crippen molar-refractivity contribution in [3.63, 3.8) is 0 Å². The van der Waals surface area contributed by atoms with Gasteiger partial charge >= 0.3 is 0 Å². The van der Waals surface area contributed by atoms with E-state index in [1.165, 1.54) is 5.56 Å². The van der Waals surface area contributed by atoms with Gasteiger partial charge in [-0.2, -0.15) is 0 Å². The van der Waals surface area contributed by atoms with Crippen LogP contribution in [0.15, 0.2) is 29.4 Å². The fraction of sp³-hybridized carbons (Fsp3) is 0.538. The number of nitrogens with zero attached hydrogens (tertiary/aromatic N) is 3. The van der Waals surface area contributed by atoms with Gasteiger partial charge in [-0.3, -0.25) is 0 Å². The van der Waals surface area contributed by atoms with E-state index < -0.39 is 0 Å². The molecule has 0 aliphatic carbocycles. The Labute approximate surface area is 102 Å². The van der Waals surface area contributed by atoms with Gasteiger partial charge in [-0.15, -0.1) is 0 Å². The van der Waals surface area contributed by atoms with Crippen LogP contribution in [0, 0.1) is 0 Å². The van der Waals surface area contributed by atoms with Crippen molar-refractivity contribution in [2.24, 2.45) is 5.11 Å². The molecule has 0 aliphatic rings. The van der Waals surface area contributed by atoms with E-state index in [0.29, 0.717) is 19.1 Å². The molecule has 0 spiro atoms. The lowest BCUT2D eigenvalue weighted by molar-refractivity contribution is 0.308. The van der Waals surface area contributed by atoms with Crippen LogP contribution >= 0.6 is 0 Å². The highest BCUT2D eigenvalue weighted by Crippen LogP contribution is 2.28. The predicted octanol–water partition coefficient (Wildman–Crippen LogP) is 4.28. The van der Waals surface area contributed by atoms with Crippen LogP contribution in [-0.2, 0) is 0 Å². The number of benzene rings is 1. The summed E-state index contributed by atoms with van der Waals surface area (Å²) >= 11 is 0. The van der Waals surface area contributed by atoms with Gasteiger partial charge in [-0.05, 0) is 35.9 Å². The SMILES string of the molecule is CCC(C)c1ccccc1OCCCN=[N+]=[N-]. The van der Waals surface area contributed by atoms with Crippen LogP contribution in [-0.4, -0.2) is 13.2 Å². The van der Waals surface area contributed by atoms with E-state index in [1.807, 2.05) is 18.2 Å². The molecule has 0 saturated carbocycles. The zero-order valence-corrected chi connectivity index (χ0v) is 10.5. The minimum Gasteiger partial charge on any atom is -0.493 e. The van der Waals surface area contributed by atoms with Crippen molar-refractivity contribution < 1.29 is 4.74 Å². The van der Waals surface area contributed by atoms with Crippen LogP contribution in [0.2, 0.25) is 0 Å². The first-order valence-electron chi connectivity index (χ1n) is 6.02. The van der Waals surface area contributed by atoms with Gasteiger partial charge in [-0.25, -0.2) is 0 Å². The molecule has 0 aromatic heterocycles. The summed E-state index contributed by atoms with van der Waals surface area (Å²) in [5, 5.41) is 3.48. The fourth-order valence-electron chi connectivity index (χ4n) is 1.60. The van der Waals surface area contributed by atoms with Gasteiger partial charge < -0.3 is 4.74 Å². The second kappa shape index (κ2) is 7.58. The van der Waals surface area contributed by atoms with Gasteiger partial charge in [0.25, 0.3) is 0 Å². The maximum atomic E-state index is 8.15. The molecule has 1 aromatic carbocycles. The lowest BCUT2D eigenvalue weighted by Gasteiger charge is -2.15. The van der Waals surface area contributed by atoms with Crippen molar-refractivity contribution in [3.05, 3.63) is 40.3 Å². The molecule has 0 N–H and O–H groups in total. The average Bonchev–Trinajstić information content (AvgIpc) is 2.38. The molecule has 0 radical (unpaired) electrons. The van der Waals surface area contributed by atoms with E-state index in [4.69, 9.17) is 10.3 Å². The van der Waals surface area contributed by atoms with E-state index in [0.717, 1.165) is 18.6 Å². The molecule has 0 saturated heterocycles. The molecule has 4 heteroatoms. The molecule has 1 unspecified atom stereocenters. The van der Waals surface area contributed by atoms with E-state index >= 15 is 0 Å². The minimum absolute atomic E-state index is 0.488. The van der Waals surface area contributed by atoms with Gasteiger partial charge in [0.2, 0.25) is 0 Å². The summed E-state index contributed by atoms with van der Waals surface area (Å²) in [6, 6.07) is 8.12. The van der Waals surface area contributed by atoms with Gasteiger partial charge in [0.15, 0.2) is 0 Å². The minimum atomic E-state index is 0.488. The molecule has 0 fully saturated rings. The first kappa shape index (κ1) is 13.4. The molecular formula is C13H19N3O. The van der Waals surface area contributed by atoms with Crippen molar-refractivity contribution >= 4 is 0 Å². The Bertz CT molecular complexity index is 386. The second-order valence-corrected chi connectivity index (χ2v) is 4.00. The third-order valence-electron chi connectivity index (χ3n) is 2.79. The molecule has 0 bridgehead atoms. The number of hydrogen-bond acceptors (Lipinski definition) is 2. The van der Waals surface area contributed by atoms with Gasteiger partial charge in [0.1, 0.15) is 5.75 Å². The van der Waals surface area contributed by atoms with E-state index in [-0.39, 0.29) is 0 Å². The Morgan fingerprint density at radius 2 is 2.18 bits per heavy atom. The highest BCUT2D eigenvalue weighted by molar-refractivity contribution is 5.35. The monoisotopic (exact) mass is 233 g/mol. The van der Waals surface area contributed by atoms with Gasteiger partial charge in [-0.1, -0.05) is 37.2 Å². The molecule has 1 atom stereocenters. The second-order valence-electron chi connectivity index (χ2n) is 4.00. The summed E-state index contributed by atoms with van der Waals surface area (Å²) in [4.78, 5) is 2.71. The first-order chi connectivity index (χ1) is 8.29. The molecule has 17 heavy (non-hydrogen) atoms. The average molecular weight is 233 g/mol. The Morgan fingerprint density at radius 1 is 1.41 bits per heavy atom. The molecule has 0 heterocycles. The summed E-state index contributed by atoms with van der Waals surface area (Å²) in [5.41, 5.74) is 9.40. The quantitative estimate of drug-likeness (QED) is 0.300. The molecule has 1 aromatic rings. The van der Waals surface area contributed by atoms with E-state index in [9.17, 15) is 0 Å². The summed E-state index contributed by atoms with van der Waals surface area (Å²) < 4.78 is 5.72. The topological polar surface area (TPSA) is 58.0 Å². The molecule has 1 rings (SSSR count). The largest absolute Gasteiger partial charge is 0.493 e. The molecule has 0 aliphatic heterocycles. The Hall–Kier alpha value is -1.67. The number of azide groups is 1. The van der Waals surface area contributed by atoms with Gasteiger partial charge in [0.05, 0.1) is 6.61 Å². The third-order valence-corrected chi connectivity index (χ3v) is 2.79. The molecule has 4 nitrogen and oxygen atoms in total. The predicted molar refractivity (Wildman–Crippen MR) is 69.3 cm³/mol. The zero-order chi connectivity index (χ0) is 12.5. The molecular weight excluding hydrogens is 214 g/mol. The van der Waals surface area contributed by atoms with Crippen LogP contribution in [0.1, 0.15) is 38.2 Å². The molecule has 0 amide bonds.